The zero-order valence-corrected chi connectivity index (χ0v) is 9.05. The highest BCUT2D eigenvalue weighted by atomic mass is 32.2. The van der Waals surface area contributed by atoms with Crippen LogP contribution in [0.1, 0.15) is 13.3 Å². The normalized spacial score (nSPS) is 26.4. The van der Waals surface area contributed by atoms with Gasteiger partial charge in [0.1, 0.15) is 5.82 Å². The first kappa shape index (κ1) is 9.65. The molecule has 2 atom stereocenters. The van der Waals surface area contributed by atoms with Gasteiger partial charge in [0.25, 0.3) is 0 Å². The molecule has 1 aromatic rings. The lowest BCUT2D eigenvalue weighted by atomic mass is 10.2. The first-order chi connectivity index (χ1) is 6.77. The molecule has 76 valence electrons. The minimum Gasteiger partial charge on any atom is -0.396 e. The molecule has 2 heterocycles. The summed E-state index contributed by atoms with van der Waals surface area (Å²) in [5.74, 6) is 2.05. The summed E-state index contributed by atoms with van der Waals surface area (Å²) in [7, 11) is 0. The third-order valence-electron chi connectivity index (χ3n) is 2.54. The van der Waals surface area contributed by atoms with Crippen molar-refractivity contribution in [2.24, 2.45) is 0 Å². The maximum absolute atomic E-state index is 5.81. The van der Waals surface area contributed by atoms with Crippen molar-refractivity contribution in [2.75, 3.05) is 16.8 Å². The van der Waals surface area contributed by atoms with E-state index in [1.165, 1.54) is 12.2 Å². The van der Waals surface area contributed by atoms with Gasteiger partial charge in [-0.1, -0.05) is 6.92 Å². The molecule has 1 aromatic heterocycles. The van der Waals surface area contributed by atoms with Gasteiger partial charge in [0.2, 0.25) is 0 Å². The topological polar surface area (TPSA) is 50.9 Å². The summed E-state index contributed by atoms with van der Waals surface area (Å²) in [5.41, 5.74) is 6.55. The van der Waals surface area contributed by atoms with Gasteiger partial charge < -0.3 is 11.1 Å². The summed E-state index contributed by atoms with van der Waals surface area (Å²) in [5, 5.41) is 4.05. The molecule has 0 saturated carbocycles. The Morgan fingerprint density at radius 2 is 2.50 bits per heavy atom. The molecule has 3 N–H and O–H groups in total. The van der Waals surface area contributed by atoms with E-state index >= 15 is 0 Å². The maximum Gasteiger partial charge on any atom is 0.149 e. The molecule has 14 heavy (non-hydrogen) atoms. The van der Waals surface area contributed by atoms with E-state index in [0.29, 0.717) is 11.3 Å². The van der Waals surface area contributed by atoms with Gasteiger partial charge in [0.05, 0.1) is 5.69 Å². The molecule has 1 fully saturated rings. The number of thioether (sulfide) groups is 1. The second-order valence-corrected chi connectivity index (χ2v) is 5.04. The fourth-order valence-corrected chi connectivity index (χ4v) is 2.83. The van der Waals surface area contributed by atoms with Gasteiger partial charge in [-0.25, -0.2) is 4.98 Å². The summed E-state index contributed by atoms with van der Waals surface area (Å²) in [6.45, 7) is 2.24. The zero-order chi connectivity index (χ0) is 9.97. The molecule has 0 aliphatic carbocycles. The van der Waals surface area contributed by atoms with Crippen LogP contribution in [0.3, 0.4) is 0 Å². The lowest BCUT2D eigenvalue weighted by molar-refractivity contribution is 0.720. The van der Waals surface area contributed by atoms with Crippen molar-refractivity contribution < 1.29 is 0 Å². The second-order valence-electron chi connectivity index (χ2n) is 3.56. The number of hydrogen-bond acceptors (Lipinski definition) is 4. The Morgan fingerprint density at radius 1 is 1.64 bits per heavy atom. The number of nitrogens with two attached hydrogens (primary N) is 1. The Morgan fingerprint density at radius 3 is 3.14 bits per heavy atom. The molecule has 3 nitrogen and oxygen atoms in total. The predicted octanol–water partition coefficient (Wildman–Crippen LogP) is 1.97. The molecule has 1 aliphatic rings. The summed E-state index contributed by atoms with van der Waals surface area (Å²) >= 11 is 2.00. The van der Waals surface area contributed by atoms with E-state index in [4.69, 9.17) is 5.73 Å². The van der Waals surface area contributed by atoms with Gasteiger partial charge in [-0.3, -0.25) is 0 Å². The number of nitrogens with zero attached hydrogens (tertiary/aromatic N) is 1. The Hall–Kier alpha value is -0.900. The quantitative estimate of drug-likeness (QED) is 0.782. The molecule has 0 bridgehead atoms. The number of nitrogen functional groups attached to an aromatic ring is 1. The minimum absolute atomic E-state index is 0.511. The number of rotatable bonds is 2. The molecule has 0 spiro atoms. The third kappa shape index (κ3) is 1.95. The van der Waals surface area contributed by atoms with Crippen LogP contribution >= 0.6 is 11.8 Å². The van der Waals surface area contributed by atoms with Crippen molar-refractivity contribution >= 4 is 23.3 Å². The average Bonchev–Trinajstić information content (AvgIpc) is 2.56. The Labute approximate surface area is 88.5 Å². The number of anilines is 2. The van der Waals surface area contributed by atoms with E-state index in [1.807, 2.05) is 23.9 Å². The number of aromatic nitrogens is 1. The van der Waals surface area contributed by atoms with Crippen molar-refractivity contribution in [1.82, 2.24) is 4.98 Å². The molecular formula is C10H15N3S. The van der Waals surface area contributed by atoms with Gasteiger partial charge in [-0.2, -0.15) is 11.8 Å². The predicted molar refractivity (Wildman–Crippen MR) is 62.6 cm³/mol. The number of hydrogen-bond donors (Lipinski definition) is 2. The summed E-state index contributed by atoms with van der Waals surface area (Å²) in [6, 6.07) is 4.24. The van der Waals surface area contributed by atoms with Crippen LogP contribution in [0.5, 0.6) is 0 Å². The van der Waals surface area contributed by atoms with Crippen LogP contribution in [0.15, 0.2) is 18.3 Å². The van der Waals surface area contributed by atoms with Crippen LogP contribution in [-0.2, 0) is 0 Å². The largest absolute Gasteiger partial charge is 0.396 e. The van der Waals surface area contributed by atoms with Crippen molar-refractivity contribution in [3.05, 3.63) is 18.3 Å². The molecule has 2 unspecified atom stereocenters. The highest BCUT2D eigenvalue weighted by Gasteiger charge is 2.24. The van der Waals surface area contributed by atoms with Gasteiger partial charge in [0.15, 0.2) is 0 Å². The number of nitrogens with one attached hydrogen (secondary N) is 1. The Kier molecular flexibility index (Phi) is 2.82. The summed E-state index contributed by atoms with van der Waals surface area (Å²) < 4.78 is 0. The molecule has 0 radical (unpaired) electrons. The first-order valence-electron chi connectivity index (χ1n) is 4.86. The fourth-order valence-electron chi connectivity index (χ4n) is 1.64. The van der Waals surface area contributed by atoms with E-state index < -0.39 is 0 Å². The standard InChI is InChI=1S/C10H15N3S/c1-7-9(4-6-14-7)13-10-8(11)3-2-5-12-10/h2-3,5,7,9H,4,6,11H2,1H3,(H,12,13). The molecule has 1 aliphatic heterocycles. The van der Waals surface area contributed by atoms with Crippen molar-refractivity contribution in [3.63, 3.8) is 0 Å². The van der Waals surface area contributed by atoms with E-state index in [9.17, 15) is 0 Å². The molecule has 1 saturated heterocycles. The lowest BCUT2D eigenvalue weighted by Crippen LogP contribution is -2.25. The Bertz CT molecular complexity index is 316. The SMILES string of the molecule is CC1SCCC1Nc1ncccc1N. The molecule has 4 heteroatoms. The van der Waals surface area contributed by atoms with E-state index in [2.05, 4.69) is 17.2 Å². The zero-order valence-electron chi connectivity index (χ0n) is 8.23. The van der Waals surface area contributed by atoms with Crippen molar-refractivity contribution in [3.8, 4) is 0 Å². The summed E-state index contributed by atoms with van der Waals surface area (Å²) in [6.07, 6.45) is 2.97. The van der Waals surface area contributed by atoms with Crippen LogP contribution in [0.25, 0.3) is 0 Å². The van der Waals surface area contributed by atoms with Gasteiger partial charge >= 0.3 is 0 Å². The molecule has 0 amide bonds. The van der Waals surface area contributed by atoms with Crippen LogP contribution in [0.2, 0.25) is 0 Å². The van der Waals surface area contributed by atoms with Gasteiger partial charge in [0, 0.05) is 17.5 Å². The number of pyridine rings is 1. The van der Waals surface area contributed by atoms with E-state index in [1.54, 1.807) is 6.20 Å². The van der Waals surface area contributed by atoms with Gasteiger partial charge in [-0.05, 0) is 24.3 Å². The van der Waals surface area contributed by atoms with E-state index in [0.717, 1.165) is 11.5 Å². The highest BCUT2D eigenvalue weighted by Crippen LogP contribution is 2.29. The Balaban J connectivity index is 2.07. The van der Waals surface area contributed by atoms with Crippen LogP contribution in [-0.4, -0.2) is 22.0 Å². The first-order valence-corrected chi connectivity index (χ1v) is 5.91. The lowest BCUT2D eigenvalue weighted by Gasteiger charge is -2.17. The third-order valence-corrected chi connectivity index (χ3v) is 3.86. The van der Waals surface area contributed by atoms with Crippen LogP contribution in [0.4, 0.5) is 11.5 Å². The second kappa shape index (κ2) is 4.09. The minimum atomic E-state index is 0.511. The average molecular weight is 209 g/mol. The highest BCUT2D eigenvalue weighted by molar-refractivity contribution is 8.00. The summed E-state index contributed by atoms with van der Waals surface area (Å²) in [4.78, 5) is 4.23. The van der Waals surface area contributed by atoms with Crippen molar-refractivity contribution in [1.29, 1.82) is 0 Å². The van der Waals surface area contributed by atoms with Crippen LogP contribution < -0.4 is 11.1 Å². The molecular weight excluding hydrogens is 194 g/mol. The maximum atomic E-state index is 5.81. The molecule has 2 rings (SSSR count). The van der Waals surface area contributed by atoms with Gasteiger partial charge in [-0.15, -0.1) is 0 Å². The van der Waals surface area contributed by atoms with E-state index in [-0.39, 0.29) is 0 Å². The fraction of sp³-hybridized carbons (Fsp3) is 0.500. The smallest absolute Gasteiger partial charge is 0.149 e. The van der Waals surface area contributed by atoms with Crippen LogP contribution in [0, 0.1) is 0 Å². The van der Waals surface area contributed by atoms with Crippen molar-refractivity contribution in [2.45, 2.75) is 24.6 Å². The molecule has 0 aromatic carbocycles. The monoisotopic (exact) mass is 209 g/mol.